The first-order chi connectivity index (χ1) is 15.4. The summed E-state index contributed by atoms with van der Waals surface area (Å²) in [6, 6.07) is 3.49. The zero-order valence-electron chi connectivity index (χ0n) is 18.4. The third-order valence-electron chi connectivity index (χ3n) is 5.65. The minimum absolute atomic E-state index is 0.0793. The minimum Gasteiger partial charge on any atom is -0.464 e. The van der Waals surface area contributed by atoms with Crippen LogP contribution >= 0.6 is 0 Å². The maximum absolute atomic E-state index is 12.6. The molecule has 0 radical (unpaired) electrons. The Hall–Kier alpha value is -3.23. The van der Waals surface area contributed by atoms with E-state index in [1.165, 1.54) is 28.0 Å². The van der Waals surface area contributed by atoms with Crippen LogP contribution in [0, 0.1) is 0 Å². The Balaban J connectivity index is 1.64. The van der Waals surface area contributed by atoms with Gasteiger partial charge in [0.2, 0.25) is 0 Å². The maximum atomic E-state index is 12.6. The molecule has 0 spiro atoms. The molecule has 2 aliphatic rings. The van der Waals surface area contributed by atoms with Crippen LogP contribution in [0.25, 0.3) is 0 Å². The van der Waals surface area contributed by atoms with Crippen molar-refractivity contribution in [2.45, 2.75) is 52.0 Å². The van der Waals surface area contributed by atoms with Crippen molar-refractivity contribution in [3.05, 3.63) is 34.9 Å². The van der Waals surface area contributed by atoms with Gasteiger partial charge in [0.05, 0.1) is 23.3 Å². The molecule has 3 amide bonds. The molecule has 1 fully saturated rings. The molecule has 0 aliphatic carbocycles. The third-order valence-corrected chi connectivity index (χ3v) is 5.65. The van der Waals surface area contributed by atoms with Gasteiger partial charge in [-0.05, 0) is 50.8 Å². The van der Waals surface area contributed by atoms with E-state index in [-0.39, 0.29) is 29.2 Å². The van der Waals surface area contributed by atoms with Crippen molar-refractivity contribution in [1.29, 1.82) is 0 Å². The number of piperidine rings is 1. The Labute approximate surface area is 186 Å². The number of carbonyl (C=O) groups excluding carboxylic acids is 5. The molecule has 0 saturated carbocycles. The summed E-state index contributed by atoms with van der Waals surface area (Å²) in [5.41, 5.74) is 0.491. The van der Waals surface area contributed by atoms with Crippen LogP contribution in [0.1, 0.15) is 77.0 Å². The fourth-order valence-corrected chi connectivity index (χ4v) is 3.94. The molecule has 1 atom stereocenters. The minimum atomic E-state index is -0.780. The van der Waals surface area contributed by atoms with Crippen LogP contribution in [0.3, 0.4) is 0 Å². The first-order valence-corrected chi connectivity index (χ1v) is 11.0. The predicted molar refractivity (Wildman–Crippen MR) is 113 cm³/mol. The van der Waals surface area contributed by atoms with E-state index in [1.807, 2.05) is 6.92 Å². The van der Waals surface area contributed by atoms with Gasteiger partial charge in [-0.2, -0.15) is 0 Å². The Morgan fingerprint density at radius 2 is 1.78 bits per heavy atom. The zero-order chi connectivity index (χ0) is 23.3. The summed E-state index contributed by atoms with van der Waals surface area (Å²) in [6.45, 7) is 4.08. The SMILES string of the molecule is CCCCN1C(=O)c2ccc(C(=O)OCC(=O)N3CCCCC3C(=O)OCC)cc2C1=O. The number of hydrogen-bond donors (Lipinski definition) is 0. The number of carbonyl (C=O) groups is 5. The molecule has 1 unspecified atom stereocenters. The van der Waals surface area contributed by atoms with Crippen molar-refractivity contribution in [3.8, 4) is 0 Å². The average Bonchev–Trinajstić information content (AvgIpc) is 3.05. The molecular formula is C23H28N2O7. The van der Waals surface area contributed by atoms with Gasteiger partial charge in [0.15, 0.2) is 6.61 Å². The molecule has 0 aromatic heterocycles. The van der Waals surface area contributed by atoms with Crippen molar-refractivity contribution in [3.63, 3.8) is 0 Å². The van der Waals surface area contributed by atoms with E-state index < -0.39 is 36.4 Å². The second-order valence-corrected chi connectivity index (χ2v) is 7.80. The summed E-state index contributed by atoms with van der Waals surface area (Å²) in [5, 5.41) is 0. The van der Waals surface area contributed by atoms with Crippen LogP contribution in [0.15, 0.2) is 18.2 Å². The molecule has 9 heteroatoms. The van der Waals surface area contributed by atoms with Crippen molar-refractivity contribution in [2.24, 2.45) is 0 Å². The number of esters is 2. The normalized spacial score (nSPS) is 17.9. The highest BCUT2D eigenvalue weighted by molar-refractivity contribution is 6.22. The van der Waals surface area contributed by atoms with Gasteiger partial charge in [-0.1, -0.05) is 13.3 Å². The fraction of sp³-hybridized carbons (Fsp3) is 0.522. The molecule has 2 heterocycles. The van der Waals surface area contributed by atoms with E-state index in [0.29, 0.717) is 25.9 Å². The van der Waals surface area contributed by atoms with Crippen LogP contribution in [0.5, 0.6) is 0 Å². The van der Waals surface area contributed by atoms with Crippen LogP contribution in [0.2, 0.25) is 0 Å². The molecule has 172 valence electrons. The molecule has 3 rings (SSSR count). The van der Waals surface area contributed by atoms with Crippen LogP contribution in [-0.2, 0) is 19.1 Å². The largest absolute Gasteiger partial charge is 0.464 e. The van der Waals surface area contributed by atoms with Crippen molar-refractivity contribution in [1.82, 2.24) is 9.80 Å². The molecule has 0 N–H and O–H groups in total. The summed E-state index contributed by atoms with van der Waals surface area (Å²) in [6.07, 6.45) is 3.61. The van der Waals surface area contributed by atoms with Gasteiger partial charge in [-0.15, -0.1) is 0 Å². The number of likely N-dealkylation sites (tertiary alicyclic amines) is 1. The monoisotopic (exact) mass is 444 g/mol. The number of fused-ring (bicyclic) bond motifs is 1. The van der Waals surface area contributed by atoms with Crippen LogP contribution in [0.4, 0.5) is 0 Å². The van der Waals surface area contributed by atoms with Gasteiger partial charge in [0.1, 0.15) is 6.04 Å². The number of amides is 3. The molecule has 1 aromatic rings. The Morgan fingerprint density at radius 1 is 1.03 bits per heavy atom. The van der Waals surface area contributed by atoms with Gasteiger partial charge < -0.3 is 14.4 Å². The van der Waals surface area contributed by atoms with Crippen molar-refractivity contribution >= 4 is 29.7 Å². The summed E-state index contributed by atoms with van der Waals surface area (Å²) < 4.78 is 10.2. The second-order valence-electron chi connectivity index (χ2n) is 7.80. The Morgan fingerprint density at radius 3 is 2.50 bits per heavy atom. The number of benzene rings is 1. The quantitative estimate of drug-likeness (QED) is 0.446. The van der Waals surface area contributed by atoms with Crippen LogP contribution < -0.4 is 0 Å². The average molecular weight is 444 g/mol. The molecule has 2 aliphatic heterocycles. The lowest BCUT2D eigenvalue weighted by Crippen LogP contribution is -2.50. The summed E-state index contributed by atoms with van der Waals surface area (Å²) in [7, 11) is 0. The first kappa shape index (κ1) is 23.4. The highest BCUT2D eigenvalue weighted by Gasteiger charge is 2.36. The topological polar surface area (TPSA) is 110 Å². The number of rotatable bonds is 8. The Bertz CT molecular complexity index is 927. The van der Waals surface area contributed by atoms with Crippen molar-refractivity contribution < 1.29 is 33.4 Å². The summed E-state index contributed by atoms with van der Waals surface area (Å²) in [5.74, 6) is -2.52. The number of ether oxygens (including phenoxy) is 2. The third kappa shape index (κ3) is 4.81. The number of unbranched alkanes of at least 4 members (excludes halogenated alkanes) is 1. The second kappa shape index (κ2) is 10.4. The predicted octanol–water partition coefficient (Wildman–Crippen LogP) is 2.18. The Kier molecular flexibility index (Phi) is 7.61. The van der Waals surface area contributed by atoms with E-state index in [2.05, 4.69) is 0 Å². The smallest absolute Gasteiger partial charge is 0.338 e. The van der Waals surface area contributed by atoms with Gasteiger partial charge in [-0.3, -0.25) is 19.3 Å². The lowest BCUT2D eigenvalue weighted by molar-refractivity contribution is -0.157. The van der Waals surface area contributed by atoms with Gasteiger partial charge in [0, 0.05) is 13.1 Å². The zero-order valence-corrected chi connectivity index (χ0v) is 18.4. The molecule has 1 saturated heterocycles. The van der Waals surface area contributed by atoms with Gasteiger partial charge in [0.25, 0.3) is 17.7 Å². The van der Waals surface area contributed by atoms with Gasteiger partial charge in [-0.25, -0.2) is 9.59 Å². The van der Waals surface area contributed by atoms with E-state index in [0.717, 1.165) is 19.3 Å². The number of hydrogen-bond acceptors (Lipinski definition) is 7. The van der Waals surface area contributed by atoms with E-state index >= 15 is 0 Å². The number of nitrogens with zero attached hydrogens (tertiary/aromatic N) is 2. The maximum Gasteiger partial charge on any atom is 0.338 e. The van der Waals surface area contributed by atoms with Gasteiger partial charge >= 0.3 is 11.9 Å². The summed E-state index contributed by atoms with van der Waals surface area (Å²) >= 11 is 0. The molecule has 0 bridgehead atoms. The highest BCUT2D eigenvalue weighted by Crippen LogP contribution is 2.25. The fourth-order valence-electron chi connectivity index (χ4n) is 3.94. The molecular weight excluding hydrogens is 416 g/mol. The molecule has 1 aromatic carbocycles. The first-order valence-electron chi connectivity index (χ1n) is 11.0. The number of imide groups is 1. The van der Waals surface area contributed by atoms with E-state index in [9.17, 15) is 24.0 Å². The van der Waals surface area contributed by atoms with Crippen LogP contribution in [-0.4, -0.2) is 71.8 Å². The molecule has 32 heavy (non-hydrogen) atoms. The highest BCUT2D eigenvalue weighted by atomic mass is 16.5. The lowest BCUT2D eigenvalue weighted by Gasteiger charge is -2.33. The van der Waals surface area contributed by atoms with E-state index in [1.54, 1.807) is 6.92 Å². The molecule has 9 nitrogen and oxygen atoms in total. The van der Waals surface area contributed by atoms with Crippen molar-refractivity contribution in [2.75, 3.05) is 26.3 Å². The standard InChI is InChI=1S/C23H28N2O7/c1-3-5-11-25-20(27)16-10-9-15(13-17(16)21(25)28)22(29)32-14-19(26)24-12-7-6-8-18(24)23(30)31-4-2/h9-10,13,18H,3-8,11-12,14H2,1-2H3. The van der Waals surface area contributed by atoms with E-state index in [4.69, 9.17) is 9.47 Å². The summed E-state index contributed by atoms with van der Waals surface area (Å²) in [4.78, 5) is 64.8. The lowest BCUT2D eigenvalue weighted by atomic mass is 10.0.